The van der Waals surface area contributed by atoms with E-state index < -0.39 is 0 Å². The molecule has 0 atom stereocenters. The molecular weight excluding hydrogens is 288 g/mol. The number of carbonyl (C=O) groups is 1. The highest BCUT2D eigenvalue weighted by atomic mass is 16.2. The summed E-state index contributed by atoms with van der Waals surface area (Å²) in [5.74, 6) is 0. The maximum atomic E-state index is 12.8. The van der Waals surface area contributed by atoms with Crippen LogP contribution in [0.5, 0.6) is 0 Å². The minimum atomic E-state index is -0.0172. The average molecular weight is 304 g/mol. The molecule has 1 fully saturated rings. The summed E-state index contributed by atoms with van der Waals surface area (Å²) < 4.78 is 0. The van der Waals surface area contributed by atoms with E-state index in [1.165, 1.54) is 0 Å². The van der Waals surface area contributed by atoms with Gasteiger partial charge in [-0.25, -0.2) is 4.79 Å². The number of aryl methyl sites for hydroxylation is 1. The lowest BCUT2D eigenvalue weighted by Gasteiger charge is -2.20. The van der Waals surface area contributed by atoms with E-state index in [0.717, 1.165) is 27.8 Å². The third-order valence-electron chi connectivity index (χ3n) is 4.21. The van der Waals surface area contributed by atoms with Crippen LogP contribution in [-0.4, -0.2) is 29.1 Å². The van der Waals surface area contributed by atoms with E-state index in [9.17, 15) is 4.79 Å². The number of carbonyl (C=O) groups excluding carboxylic acids is 1. The molecule has 0 radical (unpaired) electrons. The van der Waals surface area contributed by atoms with Crippen LogP contribution in [-0.2, 0) is 0 Å². The molecular formula is C18H16N4O. The standard InChI is InChI=1S/C18H16N4O/c1-13-6-8-19-12-17(13)22-10-9-21(18(22)23)15-5-4-14-3-2-7-20-16(14)11-15/h2-8,11-12H,9-10H2,1H3. The quantitative estimate of drug-likeness (QED) is 0.729. The highest BCUT2D eigenvalue weighted by molar-refractivity contribution is 6.07. The minimum Gasteiger partial charge on any atom is -0.292 e. The lowest BCUT2D eigenvalue weighted by atomic mass is 10.2. The number of aromatic nitrogens is 2. The van der Waals surface area contributed by atoms with Crippen molar-refractivity contribution in [3.8, 4) is 0 Å². The van der Waals surface area contributed by atoms with Crippen molar-refractivity contribution in [1.82, 2.24) is 9.97 Å². The lowest BCUT2D eigenvalue weighted by Crippen LogP contribution is -2.32. The van der Waals surface area contributed by atoms with Gasteiger partial charge in [-0.05, 0) is 36.8 Å². The zero-order valence-corrected chi connectivity index (χ0v) is 12.8. The molecule has 2 amide bonds. The maximum absolute atomic E-state index is 12.8. The molecule has 5 heteroatoms. The van der Waals surface area contributed by atoms with Crippen molar-refractivity contribution < 1.29 is 4.79 Å². The predicted octanol–water partition coefficient (Wildman–Crippen LogP) is 3.38. The number of fused-ring (bicyclic) bond motifs is 1. The molecule has 23 heavy (non-hydrogen) atoms. The van der Waals surface area contributed by atoms with Crippen LogP contribution in [0, 0.1) is 6.92 Å². The summed E-state index contributed by atoms with van der Waals surface area (Å²) in [4.78, 5) is 24.9. The summed E-state index contributed by atoms with van der Waals surface area (Å²) in [5.41, 5.74) is 3.70. The zero-order chi connectivity index (χ0) is 15.8. The fourth-order valence-electron chi connectivity index (χ4n) is 2.96. The molecule has 3 heterocycles. The second kappa shape index (κ2) is 5.35. The fourth-order valence-corrected chi connectivity index (χ4v) is 2.96. The normalized spacial score (nSPS) is 14.7. The Bertz CT molecular complexity index is 893. The number of nitrogens with zero attached hydrogens (tertiary/aromatic N) is 4. The summed E-state index contributed by atoms with van der Waals surface area (Å²) in [6, 6.07) is 11.8. The van der Waals surface area contributed by atoms with E-state index in [1.54, 1.807) is 28.4 Å². The van der Waals surface area contributed by atoms with Crippen LogP contribution in [0.1, 0.15) is 5.56 Å². The second-order valence-corrected chi connectivity index (χ2v) is 5.63. The molecule has 114 valence electrons. The van der Waals surface area contributed by atoms with Crippen LogP contribution in [0.4, 0.5) is 16.2 Å². The van der Waals surface area contributed by atoms with Gasteiger partial charge < -0.3 is 0 Å². The van der Waals surface area contributed by atoms with Gasteiger partial charge in [0, 0.05) is 36.6 Å². The minimum absolute atomic E-state index is 0.0172. The van der Waals surface area contributed by atoms with Crippen molar-refractivity contribution in [2.45, 2.75) is 6.92 Å². The van der Waals surface area contributed by atoms with Crippen LogP contribution in [0.15, 0.2) is 55.0 Å². The third-order valence-corrected chi connectivity index (χ3v) is 4.21. The van der Waals surface area contributed by atoms with Gasteiger partial charge in [-0.1, -0.05) is 12.1 Å². The Morgan fingerprint density at radius 3 is 2.78 bits per heavy atom. The Morgan fingerprint density at radius 1 is 1.04 bits per heavy atom. The van der Waals surface area contributed by atoms with E-state index in [0.29, 0.717) is 13.1 Å². The molecule has 4 rings (SSSR count). The van der Waals surface area contributed by atoms with Crippen LogP contribution >= 0.6 is 0 Å². The molecule has 0 unspecified atom stereocenters. The van der Waals surface area contributed by atoms with E-state index in [2.05, 4.69) is 9.97 Å². The van der Waals surface area contributed by atoms with E-state index in [4.69, 9.17) is 0 Å². The summed E-state index contributed by atoms with van der Waals surface area (Å²) in [5, 5.41) is 1.07. The second-order valence-electron chi connectivity index (χ2n) is 5.63. The lowest BCUT2D eigenvalue weighted by molar-refractivity contribution is 0.256. The number of hydrogen-bond acceptors (Lipinski definition) is 3. The van der Waals surface area contributed by atoms with Crippen molar-refractivity contribution in [3.63, 3.8) is 0 Å². The van der Waals surface area contributed by atoms with Gasteiger partial charge in [0.15, 0.2) is 0 Å². The van der Waals surface area contributed by atoms with Gasteiger partial charge in [0.05, 0.1) is 17.4 Å². The molecule has 0 bridgehead atoms. The van der Waals surface area contributed by atoms with Crippen LogP contribution in [0.25, 0.3) is 10.9 Å². The molecule has 5 nitrogen and oxygen atoms in total. The molecule has 2 aromatic heterocycles. The van der Waals surface area contributed by atoms with Gasteiger partial charge in [-0.15, -0.1) is 0 Å². The van der Waals surface area contributed by atoms with Gasteiger partial charge in [0.25, 0.3) is 0 Å². The first-order valence-corrected chi connectivity index (χ1v) is 7.58. The van der Waals surface area contributed by atoms with Gasteiger partial charge in [-0.2, -0.15) is 0 Å². The zero-order valence-electron chi connectivity index (χ0n) is 12.8. The predicted molar refractivity (Wildman–Crippen MR) is 90.8 cm³/mol. The number of pyridine rings is 2. The topological polar surface area (TPSA) is 49.3 Å². The van der Waals surface area contributed by atoms with Gasteiger partial charge in [-0.3, -0.25) is 19.8 Å². The molecule has 1 aromatic carbocycles. The summed E-state index contributed by atoms with van der Waals surface area (Å²) >= 11 is 0. The molecule has 3 aromatic rings. The summed E-state index contributed by atoms with van der Waals surface area (Å²) in [7, 11) is 0. The third kappa shape index (κ3) is 2.30. The molecule has 0 N–H and O–H groups in total. The molecule has 0 spiro atoms. The number of benzene rings is 1. The van der Waals surface area contributed by atoms with Crippen LogP contribution in [0.2, 0.25) is 0 Å². The number of anilines is 2. The summed E-state index contributed by atoms with van der Waals surface area (Å²) in [6.45, 7) is 3.31. The van der Waals surface area contributed by atoms with Gasteiger partial charge >= 0.3 is 6.03 Å². The average Bonchev–Trinajstić information content (AvgIpc) is 2.96. The van der Waals surface area contributed by atoms with E-state index in [1.807, 2.05) is 43.3 Å². The van der Waals surface area contributed by atoms with Crippen molar-refractivity contribution in [3.05, 3.63) is 60.6 Å². The van der Waals surface area contributed by atoms with Gasteiger partial charge in [0.2, 0.25) is 0 Å². The number of urea groups is 1. The monoisotopic (exact) mass is 304 g/mol. The molecule has 1 aliphatic heterocycles. The van der Waals surface area contributed by atoms with Crippen LogP contribution < -0.4 is 9.80 Å². The van der Waals surface area contributed by atoms with Crippen LogP contribution in [0.3, 0.4) is 0 Å². The molecule has 1 aliphatic rings. The number of hydrogen-bond donors (Lipinski definition) is 0. The maximum Gasteiger partial charge on any atom is 0.329 e. The highest BCUT2D eigenvalue weighted by Crippen LogP contribution is 2.28. The number of amides is 2. The Balaban J connectivity index is 1.68. The highest BCUT2D eigenvalue weighted by Gasteiger charge is 2.31. The van der Waals surface area contributed by atoms with Crippen molar-refractivity contribution in [2.24, 2.45) is 0 Å². The first kappa shape index (κ1) is 13.7. The van der Waals surface area contributed by atoms with Gasteiger partial charge in [0.1, 0.15) is 0 Å². The SMILES string of the molecule is Cc1ccncc1N1CCN(c2ccc3cccnc3c2)C1=O. The number of rotatable bonds is 2. The van der Waals surface area contributed by atoms with E-state index >= 15 is 0 Å². The molecule has 1 saturated heterocycles. The smallest absolute Gasteiger partial charge is 0.292 e. The van der Waals surface area contributed by atoms with Crippen molar-refractivity contribution in [1.29, 1.82) is 0 Å². The fraction of sp³-hybridized carbons (Fsp3) is 0.167. The Kier molecular flexibility index (Phi) is 3.19. The Morgan fingerprint density at radius 2 is 1.91 bits per heavy atom. The van der Waals surface area contributed by atoms with E-state index in [-0.39, 0.29) is 6.03 Å². The first-order valence-electron chi connectivity index (χ1n) is 7.58. The first-order chi connectivity index (χ1) is 11.2. The largest absolute Gasteiger partial charge is 0.329 e. The Labute approximate surface area is 134 Å². The van der Waals surface area contributed by atoms with Crippen molar-refractivity contribution >= 4 is 28.3 Å². The molecule has 0 aliphatic carbocycles. The van der Waals surface area contributed by atoms with Crippen molar-refractivity contribution in [2.75, 3.05) is 22.9 Å². The summed E-state index contributed by atoms with van der Waals surface area (Å²) in [6.07, 6.45) is 5.26. The molecule has 0 saturated carbocycles. The Hall–Kier alpha value is -2.95.